The molecular formula is C12H12BrClFNO2. The Bertz CT molecular complexity index is 458. The van der Waals surface area contributed by atoms with Crippen molar-refractivity contribution in [2.45, 2.75) is 6.10 Å². The van der Waals surface area contributed by atoms with E-state index >= 15 is 0 Å². The van der Waals surface area contributed by atoms with Gasteiger partial charge in [-0.15, -0.1) is 11.6 Å². The van der Waals surface area contributed by atoms with Gasteiger partial charge in [0.15, 0.2) is 0 Å². The number of hydrogen-bond donors (Lipinski definition) is 0. The van der Waals surface area contributed by atoms with E-state index in [0.29, 0.717) is 30.0 Å². The van der Waals surface area contributed by atoms with Crippen LogP contribution in [0.25, 0.3) is 0 Å². The Kier molecular flexibility index (Phi) is 4.59. The second-order valence-electron chi connectivity index (χ2n) is 4.02. The molecule has 2 rings (SSSR count). The molecule has 18 heavy (non-hydrogen) atoms. The van der Waals surface area contributed by atoms with E-state index in [2.05, 4.69) is 15.9 Å². The molecule has 0 aliphatic carbocycles. The highest BCUT2D eigenvalue weighted by Gasteiger charge is 2.26. The number of ether oxygens (including phenoxy) is 1. The van der Waals surface area contributed by atoms with Crippen molar-refractivity contribution in [2.75, 3.05) is 25.6 Å². The molecule has 0 N–H and O–H groups in total. The molecule has 1 atom stereocenters. The summed E-state index contributed by atoms with van der Waals surface area (Å²) >= 11 is 8.86. The van der Waals surface area contributed by atoms with Gasteiger partial charge in [0.25, 0.3) is 5.91 Å². The highest BCUT2D eigenvalue weighted by Crippen LogP contribution is 2.18. The quantitative estimate of drug-likeness (QED) is 0.777. The first-order valence-electron chi connectivity index (χ1n) is 5.53. The molecule has 0 spiro atoms. The predicted octanol–water partition coefficient (Wildman–Crippen LogP) is 2.67. The minimum Gasteiger partial charge on any atom is -0.373 e. The summed E-state index contributed by atoms with van der Waals surface area (Å²) < 4.78 is 19.7. The number of morpholine rings is 1. The molecule has 1 aliphatic heterocycles. The zero-order valence-electron chi connectivity index (χ0n) is 9.54. The molecule has 1 unspecified atom stereocenters. The van der Waals surface area contributed by atoms with Crippen LogP contribution in [0.15, 0.2) is 22.7 Å². The Morgan fingerprint density at radius 3 is 3.06 bits per heavy atom. The van der Waals surface area contributed by atoms with Crippen LogP contribution in [-0.4, -0.2) is 42.5 Å². The summed E-state index contributed by atoms with van der Waals surface area (Å²) in [4.78, 5) is 13.7. The number of carbonyl (C=O) groups is 1. The first-order valence-corrected chi connectivity index (χ1v) is 6.86. The van der Waals surface area contributed by atoms with E-state index in [0.717, 1.165) is 0 Å². The Labute approximate surface area is 118 Å². The summed E-state index contributed by atoms with van der Waals surface area (Å²) in [6, 6.07) is 4.41. The lowest BCUT2D eigenvalue weighted by atomic mass is 10.1. The molecule has 98 valence electrons. The molecule has 0 saturated carbocycles. The van der Waals surface area contributed by atoms with Crippen molar-refractivity contribution < 1.29 is 13.9 Å². The van der Waals surface area contributed by atoms with Crippen LogP contribution in [0.3, 0.4) is 0 Å². The number of rotatable bonds is 2. The molecule has 3 nitrogen and oxygen atoms in total. The number of nitrogens with zero attached hydrogens (tertiary/aromatic N) is 1. The van der Waals surface area contributed by atoms with Crippen LogP contribution in [0.4, 0.5) is 4.39 Å². The van der Waals surface area contributed by atoms with Crippen molar-refractivity contribution in [1.82, 2.24) is 4.90 Å². The topological polar surface area (TPSA) is 29.5 Å². The number of hydrogen-bond acceptors (Lipinski definition) is 2. The smallest absolute Gasteiger partial charge is 0.256 e. The fourth-order valence-electron chi connectivity index (χ4n) is 1.83. The Morgan fingerprint density at radius 2 is 2.39 bits per heavy atom. The molecule has 1 aromatic carbocycles. The largest absolute Gasteiger partial charge is 0.373 e. The van der Waals surface area contributed by atoms with Crippen LogP contribution in [0, 0.1) is 5.82 Å². The number of carbonyl (C=O) groups excluding carboxylic acids is 1. The summed E-state index contributed by atoms with van der Waals surface area (Å²) in [6.07, 6.45) is -0.178. The van der Waals surface area contributed by atoms with Gasteiger partial charge in [-0.1, -0.05) is 15.9 Å². The normalized spacial score (nSPS) is 19.9. The zero-order chi connectivity index (χ0) is 13.1. The molecule has 1 aliphatic rings. The lowest BCUT2D eigenvalue weighted by Crippen LogP contribution is -2.46. The maximum absolute atomic E-state index is 13.7. The van der Waals surface area contributed by atoms with E-state index in [-0.39, 0.29) is 17.6 Å². The Balaban J connectivity index is 2.15. The number of halogens is 3. The first kappa shape index (κ1) is 13.8. The fourth-order valence-corrected chi connectivity index (χ4v) is 2.35. The van der Waals surface area contributed by atoms with Crippen LogP contribution in [-0.2, 0) is 4.74 Å². The maximum atomic E-state index is 13.7. The summed E-state index contributed by atoms with van der Waals surface area (Å²) in [5, 5.41) is 0. The molecule has 0 radical (unpaired) electrons. The third kappa shape index (κ3) is 3.02. The molecule has 1 fully saturated rings. The van der Waals surface area contributed by atoms with E-state index < -0.39 is 5.82 Å². The molecule has 1 aromatic rings. The standard InChI is InChI=1S/C12H12BrClFNO2/c13-8-1-2-10(11(15)5-8)12(17)16-3-4-18-9(6-14)7-16/h1-2,5,9H,3-4,6-7H2. The van der Waals surface area contributed by atoms with Gasteiger partial charge in [0.05, 0.1) is 24.2 Å². The Morgan fingerprint density at radius 1 is 1.61 bits per heavy atom. The van der Waals surface area contributed by atoms with Gasteiger partial charge < -0.3 is 9.64 Å². The van der Waals surface area contributed by atoms with E-state index in [1.807, 2.05) is 0 Å². The molecule has 0 aromatic heterocycles. The van der Waals surface area contributed by atoms with E-state index in [1.165, 1.54) is 12.1 Å². The summed E-state index contributed by atoms with van der Waals surface area (Å²) in [6.45, 7) is 1.29. The van der Waals surface area contributed by atoms with Gasteiger partial charge in [-0.3, -0.25) is 4.79 Å². The van der Waals surface area contributed by atoms with Gasteiger partial charge in [0, 0.05) is 17.6 Å². The molecule has 1 amide bonds. The molecule has 1 saturated heterocycles. The summed E-state index contributed by atoms with van der Waals surface area (Å²) in [5.74, 6) is -0.520. The van der Waals surface area contributed by atoms with Crippen LogP contribution in [0.5, 0.6) is 0 Å². The average Bonchev–Trinajstić information content (AvgIpc) is 2.38. The van der Waals surface area contributed by atoms with Gasteiger partial charge in [0.1, 0.15) is 5.82 Å². The number of benzene rings is 1. The van der Waals surface area contributed by atoms with Gasteiger partial charge in [-0.2, -0.15) is 0 Å². The Hall–Kier alpha value is -0.650. The zero-order valence-corrected chi connectivity index (χ0v) is 11.9. The van der Waals surface area contributed by atoms with Gasteiger partial charge in [0.2, 0.25) is 0 Å². The van der Waals surface area contributed by atoms with Crippen molar-refractivity contribution in [3.05, 3.63) is 34.1 Å². The third-order valence-electron chi connectivity index (χ3n) is 2.76. The highest BCUT2D eigenvalue weighted by atomic mass is 79.9. The third-order valence-corrected chi connectivity index (χ3v) is 3.60. The van der Waals surface area contributed by atoms with Crippen LogP contribution >= 0.6 is 27.5 Å². The lowest BCUT2D eigenvalue weighted by molar-refractivity contribution is -0.0109. The molecular weight excluding hydrogens is 324 g/mol. The molecule has 6 heteroatoms. The first-order chi connectivity index (χ1) is 8.61. The molecule has 1 heterocycles. The van der Waals surface area contributed by atoms with Crippen molar-refractivity contribution in [3.63, 3.8) is 0 Å². The van der Waals surface area contributed by atoms with E-state index in [4.69, 9.17) is 16.3 Å². The second-order valence-corrected chi connectivity index (χ2v) is 5.25. The van der Waals surface area contributed by atoms with Gasteiger partial charge in [-0.05, 0) is 18.2 Å². The summed E-state index contributed by atoms with van der Waals surface area (Å²) in [7, 11) is 0. The van der Waals surface area contributed by atoms with E-state index in [1.54, 1.807) is 11.0 Å². The van der Waals surface area contributed by atoms with Crippen LogP contribution < -0.4 is 0 Å². The monoisotopic (exact) mass is 335 g/mol. The minimum atomic E-state index is -0.525. The van der Waals surface area contributed by atoms with Crippen LogP contribution in [0.2, 0.25) is 0 Å². The minimum absolute atomic E-state index is 0.0772. The van der Waals surface area contributed by atoms with Gasteiger partial charge in [-0.25, -0.2) is 4.39 Å². The van der Waals surface area contributed by atoms with Crippen molar-refractivity contribution >= 4 is 33.4 Å². The molecule has 0 bridgehead atoms. The lowest BCUT2D eigenvalue weighted by Gasteiger charge is -2.32. The average molecular weight is 337 g/mol. The summed E-state index contributed by atoms with van der Waals surface area (Å²) in [5.41, 5.74) is 0.0772. The number of amides is 1. The predicted molar refractivity (Wildman–Crippen MR) is 70.5 cm³/mol. The van der Waals surface area contributed by atoms with Gasteiger partial charge >= 0.3 is 0 Å². The second kappa shape index (κ2) is 5.99. The fraction of sp³-hybridized carbons (Fsp3) is 0.417. The SMILES string of the molecule is O=C(c1ccc(Br)cc1F)N1CCOC(CCl)C1. The highest BCUT2D eigenvalue weighted by molar-refractivity contribution is 9.10. The van der Waals surface area contributed by atoms with E-state index in [9.17, 15) is 9.18 Å². The number of alkyl halides is 1. The van der Waals surface area contributed by atoms with Crippen molar-refractivity contribution in [3.8, 4) is 0 Å². The van der Waals surface area contributed by atoms with Crippen molar-refractivity contribution in [1.29, 1.82) is 0 Å². The van der Waals surface area contributed by atoms with Crippen molar-refractivity contribution in [2.24, 2.45) is 0 Å². The van der Waals surface area contributed by atoms with Crippen LogP contribution in [0.1, 0.15) is 10.4 Å². The maximum Gasteiger partial charge on any atom is 0.256 e.